The molecular formula is C14H17NO3. The molecule has 1 aromatic rings. The summed E-state index contributed by atoms with van der Waals surface area (Å²) in [5, 5.41) is 18.9. The fraction of sp³-hybridized carbons (Fsp3) is 0.500. The minimum atomic E-state index is -0.789. The lowest BCUT2D eigenvalue weighted by atomic mass is 10.1. The zero-order chi connectivity index (χ0) is 12.7. The molecule has 0 bridgehead atoms. The number of hydrogen-bond acceptors (Lipinski definition) is 3. The Kier molecular flexibility index (Phi) is 2.84. The number of nitrogens with zero attached hydrogens (tertiary/aromatic N) is 1. The van der Waals surface area contributed by atoms with Gasteiger partial charge in [0.1, 0.15) is 0 Å². The summed E-state index contributed by atoms with van der Waals surface area (Å²) in [4.78, 5) is 13.8. The van der Waals surface area contributed by atoms with Crippen LogP contribution in [0.1, 0.15) is 17.9 Å². The molecule has 2 N–H and O–H groups in total. The molecule has 4 unspecified atom stereocenters. The maximum atomic E-state index is 12.2. The average molecular weight is 247 g/mol. The third-order valence-corrected chi connectivity index (χ3v) is 3.91. The zero-order valence-corrected chi connectivity index (χ0v) is 10.1. The Morgan fingerprint density at radius 3 is 2.33 bits per heavy atom. The number of hydrogen-bond donors (Lipinski definition) is 2. The Hall–Kier alpha value is -1.39. The van der Waals surface area contributed by atoms with Crippen LogP contribution in [0.25, 0.3) is 0 Å². The van der Waals surface area contributed by atoms with Crippen molar-refractivity contribution >= 4 is 5.91 Å². The minimum Gasteiger partial charge on any atom is -0.388 e. The van der Waals surface area contributed by atoms with E-state index in [2.05, 4.69) is 0 Å². The molecule has 1 amide bonds. The monoisotopic (exact) mass is 247 g/mol. The number of likely N-dealkylation sites (tertiary alicyclic amines) is 1. The third kappa shape index (κ3) is 2.02. The Morgan fingerprint density at radius 2 is 1.72 bits per heavy atom. The number of carbonyl (C=O) groups is 1. The van der Waals surface area contributed by atoms with E-state index in [1.54, 1.807) is 4.90 Å². The molecule has 96 valence electrons. The first-order valence-corrected chi connectivity index (χ1v) is 6.36. The Balaban J connectivity index is 1.63. The molecule has 4 nitrogen and oxygen atoms in total. The van der Waals surface area contributed by atoms with E-state index in [1.807, 2.05) is 30.3 Å². The van der Waals surface area contributed by atoms with E-state index in [-0.39, 0.29) is 24.9 Å². The van der Waals surface area contributed by atoms with Crippen molar-refractivity contribution in [3.05, 3.63) is 35.9 Å². The van der Waals surface area contributed by atoms with Crippen LogP contribution in [-0.4, -0.2) is 46.3 Å². The largest absolute Gasteiger partial charge is 0.388 e. The second-order valence-electron chi connectivity index (χ2n) is 5.24. The molecule has 0 aromatic heterocycles. The van der Waals surface area contributed by atoms with Crippen LogP contribution in [0.3, 0.4) is 0 Å². The number of amides is 1. The molecular weight excluding hydrogens is 230 g/mol. The van der Waals surface area contributed by atoms with Crippen molar-refractivity contribution in [2.75, 3.05) is 13.1 Å². The molecule has 3 rings (SSSR count). The van der Waals surface area contributed by atoms with Crippen molar-refractivity contribution < 1.29 is 15.0 Å². The minimum absolute atomic E-state index is 0.0323. The summed E-state index contributed by atoms with van der Waals surface area (Å²) in [5.74, 6) is 0.415. The van der Waals surface area contributed by atoms with Gasteiger partial charge in [-0.1, -0.05) is 30.3 Å². The molecule has 1 aliphatic carbocycles. The van der Waals surface area contributed by atoms with Crippen LogP contribution in [0, 0.1) is 5.92 Å². The normalized spacial score (nSPS) is 34.7. The highest BCUT2D eigenvalue weighted by atomic mass is 16.3. The lowest BCUT2D eigenvalue weighted by molar-refractivity contribution is -0.132. The Bertz CT molecular complexity index is 438. The number of rotatable bonds is 2. The number of carbonyl (C=O) groups excluding carboxylic acids is 1. The van der Waals surface area contributed by atoms with Crippen molar-refractivity contribution in [2.45, 2.75) is 24.5 Å². The van der Waals surface area contributed by atoms with Crippen LogP contribution < -0.4 is 0 Å². The van der Waals surface area contributed by atoms with Gasteiger partial charge in [0.15, 0.2) is 0 Å². The van der Waals surface area contributed by atoms with Crippen LogP contribution in [0.2, 0.25) is 0 Å². The smallest absolute Gasteiger partial charge is 0.226 e. The lowest BCUT2D eigenvalue weighted by Crippen LogP contribution is -2.31. The summed E-state index contributed by atoms with van der Waals surface area (Å²) < 4.78 is 0. The molecule has 1 heterocycles. The summed E-state index contributed by atoms with van der Waals surface area (Å²) in [6, 6.07) is 10.0. The maximum Gasteiger partial charge on any atom is 0.226 e. The first kappa shape index (κ1) is 11.7. The summed E-state index contributed by atoms with van der Waals surface area (Å²) in [5.41, 5.74) is 1.20. The van der Waals surface area contributed by atoms with Crippen LogP contribution in [0.15, 0.2) is 30.3 Å². The summed E-state index contributed by atoms with van der Waals surface area (Å²) in [7, 11) is 0. The van der Waals surface area contributed by atoms with E-state index in [4.69, 9.17) is 0 Å². The van der Waals surface area contributed by atoms with E-state index < -0.39 is 12.2 Å². The van der Waals surface area contributed by atoms with Gasteiger partial charge in [0.2, 0.25) is 5.91 Å². The third-order valence-electron chi connectivity index (χ3n) is 3.91. The summed E-state index contributed by atoms with van der Waals surface area (Å²) in [6.45, 7) is 0.524. The van der Waals surface area contributed by atoms with Crippen molar-refractivity contribution in [2.24, 2.45) is 5.92 Å². The highest BCUT2D eigenvalue weighted by Gasteiger charge is 2.47. The summed E-state index contributed by atoms with van der Waals surface area (Å²) >= 11 is 0. The lowest BCUT2D eigenvalue weighted by Gasteiger charge is -2.15. The highest BCUT2D eigenvalue weighted by molar-refractivity contribution is 5.83. The number of β-amino-alcohol motifs (C(OH)–C–C–N with tert-alkyl or cyclic N) is 2. The second-order valence-corrected chi connectivity index (χ2v) is 5.24. The second kappa shape index (κ2) is 4.37. The fourth-order valence-electron chi connectivity index (χ4n) is 2.72. The molecule has 1 saturated heterocycles. The fourth-order valence-corrected chi connectivity index (χ4v) is 2.72. The van der Waals surface area contributed by atoms with Crippen molar-refractivity contribution in [3.8, 4) is 0 Å². The molecule has 2 aliphatic rings. The van der Waals surface area contributed by atoms with E-state index in [1.165, 1.54) is 5.56 Å². The van der Waals surface area contributed by atoms with Gasteiger partial charge in [-0.3, -0.25) is 4.79 Å². The molecule has 1 aromatic carbocycles. The molecule has 4 heteroatoms. The number of aliphatic hydroxyl groups is 2. The first-order valence-electron chi connectivity index (χ1n) is 6.36. The van der Waals surface area contributed by atoms with Gasteiger partial charge >= 0.3 is 0 Å². The van der Waals surface area contributed by atoms with E-state index in [0.717, 1.165) is 6.42 Å². The van der Waals surface area contributed by atoms with Gasteiger partial charge in [0.25, 0.3) is 0 Å². The standard InChI is InChI=1S/C14H17NO3/c16-12-7-15(8-13(12)17)14(18)11-6-10(11)9-4-2-1-3-5-9/h1-5,10-13,16-17H,6-8H2. The van der Waals surface area contributed by atoms with E-state index in [9.17, 15) is 15.0 Å². The first-order chi connectivity index (χ1) is 8.66. The summed E-state index contributed by atoms with van der Waals surface area (Å²) in [6.07, 6.45) is -0.698. The Morgan fingerprint density at radius 1 is 1.11 bits per heavy atom. The van der Waals surface area contributed by atoms with Gasteiger partial charge in [-0.2, -0.15) is 0 Å². The van der Waals surface area contributed by atoms with Gasteiger partial charge in [0, 0.05) is 19.0 Å². The molecule has 1 aliphatic heterocycles. The predicted molar refractivity (Wildman–Crippen MR) is 65.9 cm³/mol. The van der Waals surface area contributed by atoms with Crippen molar-refractivity contribution in [1.29, 1.82) is 0 Å². The molecule has 18 heavy (non-hydrogen) atoms. The van der Waals surface area contributed by atoms with Gasteiger partial charge in [-0.05, 0) is 17.9 Å². The van der Waals surface area contributed by atoms with Crippen LogP contribution >= 0.6 is 0 Å². The quantitative estimate of drug-likeness (QED) is 0.793. The van der Waals surface area contributed by atoms with E-state index in [0.29, 0.717) is 5.92 Å². The highest BCUT2D eigenvalue weighted by Crippen LogP contribution is 2.48. The average Bonchev–Trinajstić information content (AvgIpc) is 3.11. The van der Waals surface area contributed by atoms with Crippen molar-refractivity contribution in [3.63, 3.8) is 0 Å². The zero-order valence-electron chi connectivity index (χ0n) is 10.1. The molecule has 2 fully saturated rings. The predicted octanol–water partition coefficient (Wildman–Crippen LogP) is 0.354. The molecule has 4 atom stereocenters. The van der Waals surface area contributed by atoms with Gasteiger partial charge in [-0.25, -0.2) is 0 Å². The van der Waals surface area contributed by atoms with Gasteiger partial charge in [0.05, 0.1) is 12.2 Å². The van der Waals surface area contributed by atoms with Gasteiger partial charge < -0.3 is 15.1 Å². The molecule has 0 spiro atoms. The van der Waals surface area contributed by atoms with Crippen LogP contribution in [0.4, 0.5) is 0 Å². The topological polar surface area (TPSA) is 60.8 Å². The number of aliphatic hydroxyl groups excluding tert-OH is 2. The SMILES string of the molecule is O=C(C1CC1c1ccccc1)N1CC(O)C(O)C1. The Labute approximate surface area is 106 Å². The maximum absolute atomic E-state index is 12.2. The van der Waals surface area contributed by atoms with Gasteiger partial charge in [-0.15, -0.1) is 0 Å². The van der Waals surface area contributed by atoms with E-state index >= 15 is 0 Å². The van der Waals surface area contributed by atoms with Crippen LogP contribution in [0.5, 0.6) is 0 Å². The molecule has 1 saturated carbocycles. The van der Waals surface area contributed by atoms with Crippen molar-refractivity contribution in [1.82, 2.24) is 4.90 Å². The van der Waals surface area contributed by atoms with Crippen LogP contribution in [-0.2, 0) is 4.79 Å². The number of benzene rings is 1. The molecule has 0 radical (unpaired) electrons.